The highest BCUT2D eigenvalue weighted by molar-refractivity contribution is 4.96. The Labute approximate surface area is 105 Å². The van der Waals surface area contributed by atoms with Gasteiger partial charge in [0.2, 0.25) is 0 Å². The molecule has 1 saturated carbocycles. The maximum Gasteiger partial charge on any atom is 0.0697 e. The van der Waals surface area contributed by atoms with Crippen LogP contribution in [0.15, 0.2) is 0 Å². The van der Waals surface area contributed by atoms with Gasteiger partial charge in [-0.15, -0.1) is 0 Å². The number of nitrogens with one attached hydrogen (secondary N) is 1. The molecular weight excluding hydrogens is 214 g/mol. The zero-order chi connectivity index (χ0) is 12.1. The van der Waals surface area contributed by atoms with Gasteiger partial charge in [-0.05, 0) is 51.0 Å². The first-order chi connectivity index (χ1) is 8.28. The monoisotopic (exact) mass is 241 g/mol. The molecule has 2 aliphatic rings. The van der Waals surface area contributed by atoms with E-state index in [1.807, 2.05) is 0 Å². The summed E-state index contributed by atoms with van der Waals surface area (Å²) in [6.45, 7) is 4.50. The molecule has 0 amide bonds. The molecule has 3 nitrogen and oxygen atoms in total. The molecule has 1 aliphatic carbocycles. The highest BCUT2D eigenvalue weighted by Gasteiger charge is 2.42. The number of aliphatic hydroxyl groups is 1. The van der Waals surface area contributed by atoms with E-state index >= 15 is 0 Å². The van der Waals surface area contributed by atoms with Crippen LogP contribution in [-0.4, -0.2) is 36.5 Å². The lowest BCUT2D eigenvalue weighted by atomic mass is 9.74. The Morgan fingerprint density at radius 2 is 2.29 bits per heavy atom. The van der Waals surface area contributed by atoms with E-state index in [1.54, 1.807) is 0 Å². The van der Waals surface area contributed by atoms with Crippen LogP contribution in [0.25, 0.3) is 0 Å². The van der Waals surface area contributed by atoms with E-state index in [0.29, 0.717) is 18.6 Å². The molecule has 1 aliphatic heterocycles. The number of aliphatic hydroxyl groups excluding tert-OH is 1. The van der Waals surface area contributed by atoms with Gasteiger partial charge in [-0.1, -0.05) is 13.3 Å². The third-order valence-corrected chi connectivity index (χ3v) is 4.57. The predicted octanol–water partition coefficient (Wildman–Crippen LogP) is 2.09. The van der Waals surface area contributed by atoms with Crippen molar-refractivity contribution in [1.82, 2.24) is 5.32 Å². The smallest absolute Gasteiger partial charge is 0.0697 e. The highest BCUT2D eigenvalue weighted by Crippen LogP contribution is 2.42. The average molecular weight is 241 g/mol. The third kappa shape index (κ3) is 3.43. The van der Waals surface area contributed by atoms with Gasteiger partial charge in [0, 0.05) is 19.3 Å². The summed E-state index contributed by atoms with van der Waals surface area (Å²) < 4.78 is 5.93. The summed E-state index contributed by atoms with van der Waals surface area (Å²) in [5, 5.41) is 12.7. The number of hydrogen-bond acceptors (Lipinski definition) is 3. The molecule has 0 aromatic heterocycles. The summed E-state index contributed by atoms with van der Waals surface area (Å²) in [6.07, 6.45) is 8.30. The van der Waals surface area contributed by atoms with Crippen molar-refractivity contribution < 1.29 is 9.84 Å². The van der Waals surface area contributed by atoms with Crippen LogP contribution in [0.2, 0.25) is 0 Å². The summed E-state index contributed by atoms with van der Waals surface area (Å²) in [4.78, 5) is 0. The minimum atomic E-state index is 0.245. The van der Waals surface area contributed by atoms with Crippen LogP contribution >= 0.6 is 0 Å². The zero-order valence-corrected chi connectivity index (χ0v) is 11.1. The maximum atomic E-state index is 8.99. The largest absolute Gasteiger partial charge is 0.396 e. The molecule has 2 unspecified atom stereocenters. The Kier molecular flexibility index (Phi) is 4.83. The minimum absolute atomic E-state index is 0.245. The lowest BCUT2D eigenvalue weighted by Gasteiger charge is -2.47. The fraction of sp³-hybridized carbons (Fsp3) is 1.00. The molecule has 1 spiro atoms. The molecule has 0 radical (unpaired) electrons. The molecule has 2 atom stereocenters. The van der Waals surface area contributed by atoms with Crippen LogP contribution < -0.4 is 5.32 Å². The van der Waals surface area contributed by atoms with Crippen molar-refractivity contribution in [3.63, 3.8) is 0 Å². The SMILES string of the molecule is CCC(CCO)CNC1CCOC2(CCC2)C1. The quantitative estimate of drug-likeness (QED) is 0.748. The van der Waals surface area contributed by atoms with Gasteiger partial charge in [0.1, 0.15) is 0 Å². The third-order valence-electron chi connectivity index (χ3n) is 4.57. The van der Waals surface area contributed by atoms with Crippen LogP contribution in [0.1, 0.15) is 51.9 Å². The lowest BCUT2D eigenvalue weighted by molar-refractivity contribution is -0.135. The van der Waals surface area contributed by atoms with E-state index < -0.39 is 0 Å². The Morgan fingerprint density at radius 3 is 2.88 bits per heavy atom. The second kappa shape index (κ2) is 6.17. The molecule has 0 bridgehead atoms. The second-order valence-electron chi connectivity index (χ2n) is 5.77. The molecule has 0 aromatic carbocycles. The first-order valence-corrected chi connectivity index (χ1v) is 7.26. The van der Waals surface area contributed by atoms with Crippen LogP contribution in [-0.2, 0) is 4.74 Å². The Hall–Kier alpha value is -0.120. The summed E-state index contributed by atoms with van der Waals surface area (Å²) >= 11 is 0. The molecule has 1 heterocycles. The van der Waals surface area contributed by atoms with Crippen LogP contribution in [0.4, 0.5) is 0 Å². The van der Waals surface area contributed by atoms with Crippen molar-refractivity contribution in [2.45, 2.75) is 63.5 Å². The topological polar surface area (TPSA) is 41.5 Å². The first kappa shape index (κ1) is 13.3. The second-order valence-corrected chi connectivity index (χ2v) is 5.77. The molecular formula is C14H27NO2. The average Bonchev–Trinajstić information content (AvgIpc) is 2.33. The van der Waals surface area contributed by atoms with Gasteiger partial charge in [0.05, 0.1) is 5.60 Å². The molecule has 17 heavy (non-hydrogen) atoms. The van der Waals surface area contributed by atoms with E-state index in [1.165, 1.54) is 25.7 Å². The maximum absolute atomic E-state index is 8.99. The number of rotatable bonds is 6. The van der Waals surface area contributed by atoms with Crippen LogP contribution in [0.3, 0.4) is 0 Å². The van der Waals surface area contributed by atoms with Gasteiger partial charge >= 0.3 is 0 Å². The molecule has 1 saturated heterocycles. The van der Waals surface area contributed by atoms with Crippen LogP contribution in [0.5, 0.6) is 0 Å². The van der Waals surface area contributed by atoms with E-state index in [2.05, 4.69) is 12.2 Å². The number of hydrogen-bond donors (Lipinski definition) is 2. The Bertz CT molecular complexity index is 228. The van der Waals surface area contributed by atoms with E-state index in [9.17, 15) is 0 Å². The van der Waals surface area contributed by atoms with Gasteiger partial charge < -0.3 is 15.2 Å². The van der Waals surface area contributed by atoms with Gasteiger partial charge in [0.25, 0.3) is 0 Å². The van der Waals surface area contributed by atoms with Gasteiger partial charge in [-0.25, -0.2) is 0 Å². The van der Waals surface area contributed by atoms with Gasteiger partial charge in [-0.3, -0.25) is 0 Å². The highest BCUT2D eigenvalue weighted by atomic mass is 16.5. The van der Waals surface area contributed by atoms with Crippen molar-refractivity contribution in [1.29, 1.82) is 0 Å². The van der Waals surface area contributed by atoms with Crippen molar-refractivity contribution in [2.24, 2.45) is 5.92 Å². The van der Waals surface area contributed by atoms with Crippen LogP contribution in [0, 0.1) is 5.92 Å². The molecule has 3 heteroatoms. The molecule has 2 fully saturated rings. The Balaban J connectivity index is 1.71. The fourth-order valence-corrected chi connectivity index (χ4v) is 3.09. The molecule has 0 aromatic rings. The summed E-state index contributed by atoms with van der Waals surface area (Å²) in [5.41, 5.74) is 0.245. The lowest BCUT2D eigenvalue weighted by Crippen LogP contribution is -2.51. The molecule has 2 rings (SSSR count). The van der Waals surface area contributed by atoms with Gasteiger partial charge in [0.15, 0.2) is 0 Å². The van der Waals surface area contributed by atoms with E-state index in [4.69, 9.17) is 9.84 Å². The summed E-state index contributed by atoms with van der Waals surface area (Å²) in [6, 6.07) is 0.636. The fourth-order valence-electron chi connectivity index (χ4n) is 3.09. The zero-order valence-electron chi connectivity index (χ0n) is 11.1. The summed E-state index contributed by atoms with van der Waals surface area (Å²) in [5.74, 6) is 0.625. The standard InChI is InChI=1S/C14H27NO2/c1-2-12(4-8-16)11-15-13-5-9-17-14(10-13)6-3-7-14/h12-13,15-16H,2-11H2,1H3. The minimum Gasteiger partial charge on any atom is -0.396 e. The number of ether oxygens (including phenoxy) is 1. The predicted molar refractivity (Wildman–Crippen MR) is 69.0 cm³/mol. The van der Waals surface area contributed by atoms with Gasteiger partial charge in [-0.2, -0.15) is 0 Å². The molecule has 100 valence electrons. The van der Waals surface area contributed by atoms with Crippen molar-refractivity contribution >= 4 is 0 Å². The first-order valence-electron chi connectivity index (χ1n) is 7.26. The van der Waals surface area contributed by atoms with E-state index in [0.717, 1.165) is 32.4 Å². The van der Waals surface area contributed by atoms with Crippen molar-refractivity contribution in [3.8, 4) is 0 Å². The Morgan fingerprint density at radius 1 is 1.47 bits per heavy atom. The normalized spacial score (nSPS) is 28.9. The van der Waals surface area contributed by atoms with Crippen molar-refractivity contribution in [2.75, 3.05) is 19.8 Å². The molecule has 2 N–H and O–H groups in total. The van der Waals surface area contributed by atoms with E-state index in [-0.39, 0.29) is 5.60 Å². The van der Waals surface area contributed by atoms with Crippen molar-refractivity contribution in [3.05, 3.63) is 0 Å². The summed E-state index contributed by atoms with van der Waals surface area (Å²) in [7, 11) is 0.